The van der Waals surface area contributed by atoms with E-state index in [2.05, 4.69) is 18.8 Å². The minimum absolute atomic E-state index is 0. The molecular formula is C15H24ClN3O2. The van der Waals surface area contributed by atoms with Gasteiger partial charge in [-0.15, -0.1) is 12.4 Å². The van der Waals surface area contributed by atoms with Gasteiger partial charge in [0.15, 0.2) is 0 Å². The molecular weight excluding hydrogens is 290 g/mol. The molecule has 1 aromatic rings. The van der Waals surface area contributed by atoms with E-state index in [1.54, 1.807) is 12.4 Å². The molecule has 2 heterocycles. The molecule has 1 aliphatic heterocycles. The average Bonchev–Trinajstić information content (AvgIpc) is 2.86. The van der Waals surface area contributed by atoms with Crippen LogP contribution in [-0.2, 0) is 4.79 Å². The molecule has 2 N–H and O–H groups in total. The zero-order chi connectivity index (χ0) is 14.5. The fraction of sp³-hybridized carbons (Fsp3) is 0.600. The molecule has 1 amide bonds. The second-order valence-corrected chi connectivity index (χ2v) is 5.73. The minimum atomic E-state index is -0.394. The molecule has 2 rings (SSSR count). The van der Waals surface area contributed by atoms with Crippen molar-refractivity contribution in [1.29, 1.82) is 0 Å². The lowest BCUT2D eigenvalue weighted by atomic mass is 10.0. The van der Waals surface area contributed by atoms with Crippen molar-refractivity contribution < 1.29 is 9.53 Å². The Bertz CT molecular complexity index is 442. The number of hydrogen-bond donors (Lipinski definition) is 1. The fourth-order valence-corrected chi connectivity index (χ4v) is 2.48. The third-order valence-corrected chi connectivity index (χ3v) is 3.45. The van der Waals surface area contributed by atoms with Gasteiger partial charge in [0, 0.05) is 25.4 Å². The fourth-order valence-electron chi connectivity index (χ4n) is 2.48. The van der Waals surface area contributed by atoms with Crippen LogP contribution >= 0.6 is 12.4 Å². The summed E-state index contributed by atoms with van der Waals surface area (Å²) in [6, 6.07) is 3.26. The quantitative estimate of drug-likeness (QED) is 0.901. The summed E-state index contributed by atoms with van der Waals surface area (Å²) in [5.41, 5.74) is 5.96. The van der Waals surface area contributed by atoms with E-state index in [9.17, 15) is 4.79 Å². The van der Waals surface area contributed by atoms with Crippen LogP contribution in [0.5, 0.6) is 5.75 Å². The van der Waals surface area contributed by atoms with Crippen LogP contribution in [0.1, 0.15) is 26.7 Å². The number of nitrogens with two attached hydrogens (primary N) is 1. The Kier molecular flexibility index (Phi) is 6.92. The molecule has 1 saturated heterocycles. The van der Waals surface area contributed by atoms with E-state index >= 15 is 0 Å². The number of rotatable bonds is 5. The first-order chi connectivity index (χ1) is 9.56. The largest absolute Gasteiger partial charge is 0.488 e. The van der Waals surface area contributed by atoms with Crippen LogP contribution in [0.25, 0.3) is 0 Å². The van der Waals surface area contributed by atoms with Crippen molar-refractivity contribution in [1.82, 2.24) is 9.88 Å². The molecule has 0 aromatic carbocycles. The van der Waals surface area contributed by atoms with Gasteiger partial charge in [-0.1, -0.05) is 13.8 Å². The molecule has 1 aliphatic rings. The Balaban J connectivity index is 0.00000220. The molecule has 118 valence electrons. The lowest BCUT2D eigenvalue weighted by Crippen LogP contribution is -2.43. The van der Waals surface area contributed by atoms with Gasteiger partial charge in [0.05, 0.1) is 12.6 Å². The maximum atomic E-state index is 12.2. The average molecular weight is 314 g/mol. The van der Waals surface area contributed by atoms with Crippen LogP contribution in [-0.4, -0.2) is 41.0 Å². The lowest BCUT2D eigenvalue weighted by Gasteiger charge is -2.22. The molecule has 6 heteroatoms. The molecule has 0 saturated carbocycles. The SMILES string of the molecule is CC(C)C[C@H](N)C(=O)N1CCC(Oc2ccncc2)C1.Cl. The topological polar surface area (TPSA) is 68.5 Å². The minimum Gasteiger partial charge on any atom is -0.488 e. The molecule has 0 spiro atoms. The Morgan fingerprint density at radius 1 is 1.48 bits per heavy atom. The standard InChI is InChI=1S/C15H23N3O2.ClH/c1-11(2)9-14(16)15(19)18-8-5-13(10-18)20-12-3-6-17-7-4-12;/h3-4,6-7,11,13-14H,5,8-10,16H2,1-2H3;1H/t13?,14-;/m0./s1. The number of halogens is 1. The number of hydrogen-bond acceptors (Lipinski definition) is 4. The Morgan fingerprint density at radius 2 is 2.14 bits per heavy atom. The summed E-state index contributed by atoms with van der Waals surface area (Å²) in [5.74, 6) is 1.27. The molecule has 5 nitrogen and oxygen atoms in total. The second kappa shape index (κ2) is 8.20. The van der Waals surface area contributed by atoms with Crippen LogP contribution < -0.4 is 10.5 Å². The first kappa shape index (κ1) is 17.7. The van der Waals surface area contributed by atoms with E-state index in [0.29, 0.717) is 12.5 Å². The predicted molar refractivity (Wildman–Crippen MR) is 84.5 cm³/mol. The van der Waals surface area contributed by atoms with Crippen molar-refractivity contribution in [2.45, 2.75) is 38.8 Å². The Morgan fingerprint density at radius 3 is 2.76 bits per heavy atom. The number of ether oxygens (including phenoxy) is 1. The van der Waals surface area contributed by atoms with Crippen LogP contribution in [0, 0.1) is 5.92 Å². The molecule has 0 bridgehead atoms. The second-order valence-electron chi connectivity index (χ2n) is 5.73. The Labute approximate surface area is 132 Å². The number of amides is 1. The number of likely N-dealkylation sites (tertiary alicyclic amines) is 1. The first-order valence-corrected chi connectivity index (χ1v) is 7.17. The van der Waals surface area contributed by atoms with Crippen LogP contribution in [0.2, 0.25) is 0 Å². The van der Waals surface area contributed by atoms with Gasteiger partial charge in [0.1, 0.15) is 11.9 Å². The Hall–Kier alpha value is -1.33. The molecule has 1 unspecified atom stereocenters. The van der Waals surface area contributed by atoms with Crippen molar-refractivity contribution >= 4 is 18.3 Å². The molecule has 0 aliphatic carbocycles. The number of nitrogens with zero attached hydrogens (tertiary/aromatic N) is 2. The van der Waals surface area contributed by atoms with Crippen molar-refractivity contribution in [2.75, 3.05) is 13.1 Å². The van der Waals surface area contributed by atoms with Gasteiger partial charge in [-0.05, 0) is 24.5 Å². The van der Waals surface area contributed by atoms with Crippen LogP contribution in [0.15, 0.2) is 24.5 Å². The smallest absolute Gasteiger partial charge is 0.239 e. The van der Waals surface area contributed by atoms with Gasteiger partial charge in [-0.25, -0.2) is 0 Å². The summed E-state index contributed by atoms with van der Waals surface area (Å²) in [7, 11) is 0. The van der Waals surface area contributed by atoms with Crippen molar-refractivity contribution in [3.8, 4) is 5.75 Å². The number of carbonyl (C=O) groups excluding carboxylic acids is 1. The van der Waals surface area contributed by atoms with Gasteiger partial charge in [0.2, 0.25) is 5.91 Å². The van der Waals surface area contributed by atoms with Crippen molar-refractivity contribution in [2.24, 2.45) is 11.7 Å². The maximum absolute atomic E-state index is 12.2. The van der Waals surface area contributed by atoms with Gasteiger partial charge < -0.3 is 15.4 Å². The monoisotopic (exact) mass is 313 g/mol. The van der Waals surface area contributed by atoms with Gasteiger partial charge >= 0.3 is 0 Å². The molecule has 0 radical (unpaired) electrons. The van der Waals surface area contributed by atoms with Crippen LogP contribution in [0.3, 0.4) is 0 Å². The summed E-state index contributed by atoms with van der Waals surface area (Å²) in [5, 5.41) is 0. The number of carbonyl (C=O) groups is 1. The van der Waals surface area contributed by atoms with E-state index in [1.807, 2.05) is 17.0 Å². The number of aromatic nitrogens is 1. The zero-order valence-electron chi connectivity index (χ0n) is 12.6. The lowest BCUT2D eigenvalue weighted by molar-refractivity contribution is -0.132. The number of pyridine rings is 1. The zero-order valence-corrected chi connectivity index (χ0v) is 13.4. The summed E-state index contributed by atoms with van der Waals surface area (Å²) in [4.78, 5) is 18.0. The van der Waals surface area contributed by atoms with E-state index in [4.69, 9.17) is 10.5 Å². The third-order valence-electron chi connectivity index (χ3n) is 3.45. The molecule has 21 heavy (non-hydrogen) atoms. The highest BCUT2D eigenvalue weighted by Gasteiger charge is 2.30. The highest BCUT2D eigenvalue weighted by Crippen LogP contribution is 2.18. The van der Waals surface area contributed by atoms with E-state index in [1.165, 1.54) is 0 Å². The molecule has 1 aromatic heterocycles. The summed E-state index contributed by atoms with van der Waals surface area (Å²) in [6.07, 6.45) is 5.03. The van der Waals surface area contributed by atoms with Gasteiger partial charge in [-0.3, -0.25) is 9.78 Å². The van der Waals surface area contributed by atoms with E-state index in [0.717, 1.165) is 25.1 Å². The first-order valence-electron chi connectivity index (χ1n) is 7.17. The van der Waals surface area contributed by atoms with Gasteiger partial charge in [-0.2, -0.15) is 0 Å². The summed E-state index contributed by atoms with van der Waals surface area (Å²) < 4.78 is 5.84. The summed E-state index contributed by atoms with van der Waals surface area (Å²) in [6.45, 7) is 5.49. The molecule has 2 atom stereocenters. The highest BCUT2D eigenvalue weighted by atomic mass is 35.5. The molecule has 1 fully saturated rings. The summed E-state index contributed by atoms with van der Waals surface area (Å²) >= 11 is 0. The predicted octanol–water partition coefficient (Wildman–Crippen LogP) is 1.86. The normalized spacial score (nSPS) is 19.2. The maximum Gasteiger partial charge on any atom is 0.239 e. The van der Waals surface area contributed by atoms with E-state index < -0.39 is 6.04 Å². The van der Waals surface area contributed by atoms with Crippen molar-refractivity contribution in [3.63, 3.8) is 0 Å². The van der Waals surface area contributed by atoms with Gasteiger partial charge in [0.25, 0.3) is 0 Å². The third kappa shape index (κ3) is 5.17. The van der Waals surface area contributed by atoms with E-state index in [-0.39, 0.29) is 24.4 Å². The van der Waals surface area contributed by atoms with Crippen molar-refractivity contribution in [3.05, 3.63) is 24.5 Å². The van der Waals surface area contributed by atoms with Crippen LogP contribution in [0.4, 0.5) is 0 Å². The highest BCUT2D eigenvalue weighted by molar-refractivity contribution is 5.85.